The summed E-state index contributed by atoms with van der Waals surface area (Å²) in [7, 11) is 5.57. The van der Waals surface area contributed by atoms with Crippen LogP contribution in [0, 0.1) is 5.41 Å². The maximum atomic E-state index is 12.0. The van der Waals surface area contributed by atoms with Gasteiger partial charge in [0.05, 0.1) is 6.61 Å². The third-order valence-corrected chi connectivity index (χ3v) is 3.28. The van der Waals surface area contributed by atoms with E-state index in [0.29, 0.717) is 32.5 Å². The van der Waals surface area contributed by atoms with Crippen LogP contribution >= 0.6 is 0 Å². The number of ether oxygens (including phenoxy) is 1. The molecule has 2 N–H and O–H groups in total. The first-order valence-corrected chi connectivity index (χ1v) is 6.73. The highest BCUT2D eigenvalue weighted by atomic mass is 16.5. The monoisotopic (exact) mass is 271 g/mol. The highest BCUT2D eigenvalue weighted by Crippen LogP contribution is 2.46. The molecule has 0 spiro atoms. The first-order chi connectivity index (χ1) is 9.03. The largest absolute Gasteiger partial charge is 0.383 e. The van der Waals surface area contributed by atoms with Crippen LogP contribution in [-0.4, -0.2) is 64.2 Å². The zero-order chi connectivity index (χ0) is 14.3. The molecule has 0 aromatic carbocycles. The minimum atomic E-state index is -0.814. The molecule has 1 fully saturated rings. The van der Waals surface area contributed by atoms with Gasteiger partial charge in [0.15, 0.2) is 0 Å². The quantitative estimate of drug-likeness (QED) is 0.442. The average Bonchev–Trinajstić information content (AvgIpc) is 3.15. The number of rotatable bonds is 9. The third kappa shape index (κ3) is 4.80. The van der Waals surface area contributed by atoms with Crippen molar-refractivity contribution in [3.05, 3.63) is 0 Å². The van der Waals surface area contributed by atoms with Gasteiger partial charge in [-0.2, -0.15) is 0 Å². The van der Waals surface area contributed by atoms with Crippen molar-refractivity contribution in [1.29, 1.82) is 0 Å². The number of carbonyl (C=O) groups excluding carboxylic acids is 2. The molecule has 0 aromatic heterocycles. The molecule has 6 nitrogen and oxygen atoms in total. The summed E-state index contributed by atoms with van der Waals surface area (Å²) in [5.41, 5.74) is -0.814. The van der Waals surface area contributed by atoms with Crippen LogP contribution in [0.5, 0.6) is 0 Å². The van der Waals surface area contributed by atoms with Crippen LogP contribution in [0.25, 0.3) is 0 Å². The van der Waals surface area contributed by atoms with Crippen molar-refractivity contribution >= 4 is 11.8 Å². The molecule has 0 bridgehead atoms. The van der Waals surface area contributed by atoms with Gasteiger partial charge in [0.1, 0.15) is 5.41 Å². The lowest BCUT2D eigenvalue weighted by molar-refractivity contribution is -0.137. The maximum absolute atomic E-state index is 12.0. The lowest BCUT2D eigenvalue weighted by Gasteiger charge is -2.16. The molecule has 0 atom stereocenters. The predicted octanol–water partition coefficient (Wildman–Crippen LogP) is -0.403. The Morgan fingerprint density at radius 2 is 1.74 bits per heavy atom. The zero-order valence-corrected chi connectivity index (χ0v) is 12.1. The summed E-state index contributed by atoms with van der Waals surface area (Å²) >= 11 is 0. The van der Waals surface area contributed by atoms with Gasteiger partial charge in [-0.05, 0) is 39.9 Å². The summed E-state index contributed by atoms with van der Waals surface area (Å²) < 4.78 is 4.87. The molecule has 6 heteroatoms. The molecule has 2 amide bonds. The van der Waals surface area contributed by atoms with E-state index in [-0.39, 0.29) is 11.8 Å². The Morgan fingerprint density at radius 1 is 1.16 bits per heavy atom. The molecule has 1 aliphatic carbocycles. The standard InChI is InChI=1S/C13H25N3O3/c1-16(2)9-4-7-14-11(17)13(5-6-13)12(18)15-8-10-19-3/h4-10H2,1-3H3,(H,14,17)(H,15,18). The zero-order valence-electron chi connectivity index (χ0n) is 12.1. The summed E-state index contributed by atoms with van der Waals surface area (Å²) in [6, 6.07) is 0. The van der Waals surface area contributed by atoms with Crippen molar-refractivity contribution < 1.29 is 14.3 Å². The van der Waals surface area contributed by atoms with Crippen LogP contribution in [0.3, 0.4) is 0 Å². The van der Waals surface area contributed by atoms with Crippen molar-refractivity contribution in [3.8, 4) is 0 Å². The van der Waals surface area contributed by atoms with Crippen molar-refractivity contribution in [2.24, 2.45) is 5.41 Å². The van der Waals surface area contributed by atoms with Gasteiger partial charge in [-0.15, -0.1) is 0 Å². The molecule has 0 radical (unpaired) electrons. The second kappa shape index (κ2) is 7.45. The van der Waals surface area contributed by atoms with Crippen LogP contribution in [0.1, 0.15) is 19.3 Å². The number of hydrogen-bond acceptors (Lipinski definition) is 4. The van der Waals surface area contributed by atoms with Crippen LogP contribution in [0.2, 0.25) is 0 Å². The molecule has 1 aliphatic rings. The lowest BCUT2D eigenvalue weighted by Crippen LogP contribution is -2.44. The number of hydrogen-bond donors (Lipinski definition) is 2. The van der Waals surface area contributed by atoms with Gasteiger partial charge >= 0.3 is 0 Å². The Hall–Kier alpha value is -1.14. The SMILES string of the molecule is COCCNC(=O)C1(C(=O)NCCCN(C)C)CC1. The second-order valence-corrected chi connectivity index (χ2v) is 5.24. The molecule has 0 saturated heterocycles. The summed E-state index contributed by atoms with van der Waals surface area (Å²) in [6.45, 7) is 2.45. The van der Waals surface area contributed by atoms with E-state index in [1.54, 1.807) is 7.11 Å². The first-order valence-electron chi connectivity index (χ1n) is 6.73. The van der Waals surface area contributed by atoms with E-state index in [0.717, 1.165) is 13.0 Å². The van der Waals surface area contributed by atoms with Gasteiger partial charge in [-0.1, -0.05) is 0 Å². The number of nitrogens with zero attached hydrogens (tertiary/aromatic N) is 1. The fourth-order valence-electron chi connectivity index (χ4n) is 1.88. The maximum Gasteiger partial charge on any atom is 0.235 e. The van der Waals surface area contributed by atoms with Crippen LogP contribution in [-0.2, 0) is 14.3 Å². The summed E-state index contributed by atoms with van der Waals surface area (Å²) in [5.74, 6) is -0.309. The van der Waals surface area contributed by atoms with E-state index in [9.17, 15) is 9.59 Å². The molecule has 0 aliphatic heterocycles. The van der Waals surface area contributed by atoms with Crippen molar-refractivity contribution in [2.75, 3.05) is 47.4 Å². The van der Waals surface area contributed by atoms with Gasteiger partial charge < -0.3 is 20.3 Å². The van der Waals surface area contributed by atoms with Crippen LogP contribution in [0.15, 0.2) is 0 Å². The molecule has 110 valence electrons. The summed E-state index contributed by atoms with van der Waals surface area (Å²) in [5, 5.41) is 5.60. The molecule has 0 heterocycles. The minimum absolute atomic E-state index is 0.138. The molecule has 0 aromatic rings. The van der Waals surface area contributed by atoms with Gasteiger partial charge in [0, 0.05) is 20.2 Å². The van der Waals surface area contributed by atoms with Crippen LogP contribution in [0.4, 0.5) is 0 Å². The van der Waals surface area contributed by atoms with E-state index in [1.807, 2.05) is 14.1 Å². The molecule has 1 rings (SSSR count). The summed E-state index contributed by atoms with van der Waals surface area (Å²) in [4.78, 5) is 26.0. The topological polar surface area (TPSA) is 70.7 Å². The van der Waals surface area contributed by atoms with E-state index in [2.05, 4.69) is 15.5 Å². The highest BCUT2D eigenvalue weighted by molar-refractivity contribution is 6.07. The Kier molecular flexibility index (Phi) is 6.24. The Bertz CT molecular complexity index is 314. The number of nitrogens with one attached hydrogen (secondary N) is 2. The van der Waals surface area contributed by atoms with Gasteiger partial charge in [-0.3, -0.25) is 9.59 Å². The molecule has 0 unspecified atom stereocenters. The fraction of sp³-hybridized carbons (Fsp3) is 0.846. The second-order valence-electron chi connectivity index (χ2n) is 5.24. The number of carbonyl (C=O) groups is 2. The van der Waals surface area contributed by atoms with Crippen molar-refractivity contribution in [1.82, 2.24) is 15.5 Å². The van der Waals surface area contributed by atoms with Crippen molar-refractivity contribution in [2.45, 2.75) is 19.3 Å². The Labute approximate surface area is 114 Å². The number of amides is 2. The average molecular weight is 271 g/mol. The highest BCUT2D eigenvalue weighted by Gasteiger charge is 2.56. The van der Waals surface area contributed by atoms with Crippen molar-refractivity contribution in [3.63, 3.8) is 0 Å². The lowest BCUT2D eigenvalue weighted by atomic mass is 10.1. The Balaban J connectivity index is 2.28. The molecule has 19 heavy (non-hydrogen) atoms. The van der Waals surface area contributed by atoms with Crippen LogP contribution < -0.4 is 10.6 Å². The van der Waals surface area contributed by atoms with E-state index in [1.165, 1.54) is 0 Å². The summed E-state index contributed by atoms with van der Waals surface area (Å²) in [6.07, 6.45) is 2.18. The molecular weight excluding hydrogens is 246 g/mol. The smallest absolute Gasteiger partial charge is 0.235 e. The van der Waals surface area contributed by atoms with E-state index < -0.39 is 5.41 Å². The molecule has 1 saturated carbocycles. The third-order valence-electron chi connectivity index (χ3n) is 3.28. The van der Waals surface area contributed by atoms with E-state index in [4.69, 9.17) is 4.74 Å². The fourth-order valence-corrected chi connectivity index (χ4v) is 1.88. The predicted molar refractivity (Wildman–Crippen MR) is 72.7 cm³/mol. The number of methoxy groups -OCH3 is 1. The minimum Gasteiger partial charge on any atom is -0.383 e. The van der Waals surface area contributed by atoms with E-state index >= 15 is 0 Å². The van der Waals surface area contributed by atoms with Gasteiger partial charge in [-0.25, -0.2) is 0 Å². The first kappa shape index (κ1) is 15.9. The van der Waals surface area contributed by atoms with Gasteiger partial charge in [0.2, 0.25) is 11.8 Å². The Morgan fingerprint density at radius 3 is 2.21 bits per heavy atom. The normalized spacial score (nSPS) is 16.2. The molecular formula is C13H25N3O3. The van der Waals surface area contributed by atoms with Gasteiger partial charge in [0.25, 0.3) is 0 Å².